The first-order valence-corrected chi connectivity index (χ1v) is 8.96. The molecule has 0 amide bonds. The average Bonchev–Trinajstić information content (AvgIpc) is 2.26. The average molecular weight is 266 g/mol. The highest BCUT2D eigenvalue weighted by atomic mass is 28.4. The van der Waals surface area contributed by atoms with Crippen molar-refractivity contribution < 1.29 is 14.0 Å². The van der Waals surface area contributed by atoms with Gasteiger partial charge in [0.25, 0.3) is 8.32 Å². The fraction of sp³-hybridized carbons (Fsp3) is 0.500. The van der Waals surface area contributed by atoms with Crippen LogP contribution in [0.25, 0.3) is 0 Å². The summed E-state index contributed by atoms with van der Waals surface area (Å²) in [7, 11) is -0.563. The van der Waals surface area contributed by atoms with Crippen molar-refractivity contribution in [1.82, 2.24) is 0 Å². The topological polar surface area (TPSA) is 35.5 Å². The molecule has 0 aliphatic rings. The number of benzene rings is 1. The van der Waals surface area contributed by atoms with E-state index in [-0.39, 0.29) is 11.0 Å². The zero-order valence-electron chi connectivity index (χ0n) is 12.0. The maximum Gasteiger partial charge on any atom is 0.341 e. The van der Waals surface area contributed by atoms with Crippen LogP contribution in [0, 0.1) is 0 Å². The molecule has 3 nitrogen and oxygen atoms in total. The standard InChI is InChI=1S/C14H22O3Si/c1-14(2,3)18(5,6)17-12-10-8-7-9-11(12)13(15)16-4/h7-10H,1-6H3. The zero-order chi connectivity index (χ0) is 14.0. The maximum atomic E-state index is 11.7. The van der Waals surface area contributed by atoms with Crippen LogP contribution in [-0.2, 0) is 4.74 Å². The van der Waals surface area contributed by atoms with Crippen molar-refractivity contribution in [2.75, 3.05) is 7.11 Å². The van der Waals surface area contributed by atoms with E-state index in [4.69, 9.17) is 9.16 Å². The Morgan fingerprint density at radius 3 is 2.22 bits per heavy atom. The van der Waals surface area contributed by atoms with E-state index in [0.717, 1.165) is 0 Å². The SMILES string of the molecule is COC(=O)c1ccccc1O[Si](C)(C)C(C)(C)C. The quantitative estimate of drug-likeness (QED) is 0.615. The molecule has 1 aromatic rings. The van der Waals surface area contributed by atoms with Crippen molar-refractivity contribution in [2.24, 2.45) is 0 Å². The fourth-order valence-electron chi connectivity index (χ4n) is 1.26. The van der Waals surface area contributed by atoms with Gasteiger partial charge in [0.05, 0.1) is 7.11 Å². The normalized spacial score (nSPS) is 12.1. The third kappa shape index (κ3) is 3.13. The first-order valence-electron chi connectivity index (χ1n) is 6.05. The lowest BCUT2D eigenvalue weighted by Gasteiger charge is -2.36. The van der Waals surface area contributed by atoms with Crippen LogP contribution in [0.1, 0.15) is 31.1 Å². The number of methoxy groups -OCH3 is 1. The lowest BCUT2D eigenvalue weighted by molar-refractivity contribution is 0.0598. The Balaban J connectivity index is 3.09. The Morgan fingerprint density at radius 2 is 1.72 bits per heavy atom. The molecule has 0 saturated carbocycles. The largest absolute Gasteiger partial charge is 0.543 e. The monoisotopic (exact) mass is 266 g/mol. The molecule has 0 aliphatic heterocycles. The molecule has 0 unspecified atom stereocenters. The number of ether oxygens (including phenoxy) is 1. The third-order valence-corrected chi connectivity index (χ3v) is 7.81. The van der Waals surface area contributed by atoms with Crippen LogP contribution in [-0.4, -0.2) is 21.4 Å². The Labute approximate surface area is 110 Å². The van der Waals surface area contributed by atoms with Crippen LogP contribution in [0.15, 0.2) is 24.3 Å². The van der Waals surface area contributed by atoms with E-state index in [2.05, 4.69) is 33.9 Å². The van der Waals surface area contributed by atoms with Crippen molar-refractivity contribution in [3.63, 3.8) is 0 Å². The van der Waals surface area contributed by atoms with Crippen molar-refractivity contribution in [3.8, 4) is 5.75 Å². The van der Waals surface area contributed by atoms with Gasteiger partial charge in [0.1, 0.15) is 11.3 Å². The summed E-state index contributed by atoms with van der Waals surface area (Å²) in [6.45, 7) is 10.8. The molecule has 0 heterocycles. The Morgan fingerprint density at radius 1 is 1.17 bits per heavy atom. The van der Waals surface area contributed by atoms with Crippen molar-refractivity contribution >= 4 is 14.3 Å². The van der Waals surface area contributed by atoms with E-state index in [9.17, 15) is 4.79 Å². The number of esters is 1. The van der Waals surface area contributed by atoms with Gasteiger partial charge in [-0.2, -0.15) is 0 Å². The Bertz CT molecular complexity index is 433. The minimum atomic E-state index is -1.94. The molecule has 1 aromatic carbocycles. The molecule has 0 radical (unpaired) electrons. The summed E-state index contributed by atoms with van der Waals surface area (Å²) in [6.07, 6.45) is 0. The summed E-state index contributed by atoms with van der Waals surface area (Å²) in [5.74, 6) is 0.264. The summed E-state index contributed by atoms with van der Waals surface area (Å²) in [5, 5.41) is 0.0935. The van der Waals surface area contributed by atoms with Crippen molar-refractivity contribution in [3.05, 3.63) is 29.8 Å². The highest BCUT2D eigenvalue weighted by molar-refractivity contribution is 6.74. The van der Waals surface area contributed by atoms with Gasteiger partial charge in [-0.15, -0.1) is 0 Å². The molecule has 0 saturated heterocycles. The maximum absolute atomic E-state index is 11.7. The first-order chi connectivity index (χ1) is 8.19. The van der Waals surface area contributed by atoms with E-state index in [1.807, 2.05) is 18.2 Å². The van der Waals surface area contributed by atoms with Gasteiger partial charge in [-0.1, -0.05) is 32.9 Å². The highest BCUT2D eigenvalue weighted by Gasteiger charge is 2.39. The number of para-hydroxylation sites is 1. The molecule has 0 N–H and O–H groups in total. The second-order valence-corrected chi connectivity index (χ2v) is 10.6. The van der Waals surface area contributed by atoms with E-state index in [1.165, 1.54) is 7.11 Å². The van der Waals surface area contributed by atoms with Crippen molar-refractivity contribution in [1.29, 1.82) is 0 Å². The second kappa shape index (κ2) is 5.14. The van der Waals surface area contributed by atoms with Gasteiger partial charge in [0.15, 0.2) is 0 Å². The lowest BCUT2D eigenvalue weighted by Crippen LogP contribution is -2.44. The van der Waals surface area contributed by atoms with E-state index >= 15 is 0 Å². The molecule has 0 bridgehead atoms. The summed E-state index contributed by atoms with van der Waals surface area (Å²) in [5.41, 5.74) is 0.491. The zero-order valence-corrected chi connectivity index (χ0v) is 13.0. The minimum Gasteiger partial charge on any atom is -0.543 e. The van der Waals surface area contributed by atoms with Gasteiger partial charge in [0.2, 0.25) is 0 Å². The summed E-state index contributed by atoms with van der Waals surface area (Å²) in [4.78, 5) is 11.7. The fourth-order valence-corrected chi connectivity index (χ4v) is 2.30. The van der Waals surface area contributed by atoms with Gasteiger partial charge in [-0.3, -0.25) is 0 Å². The van der Waals surface area contributed by atoms with E-state index in [0.29, 0.717) is 11.3 Å². The Kier molecular flexibility index (Phi) is 4.22. The van der Waals surface area contributed by atoms with E-state index in [1.54, 1.807) is 6.07 Å². The molecule has 18 heavy (non-hydrogen) atoms. The smallest absolute Gasteiger partial charge is 0.341 e. The van der Waals surface area contributed by atoms with Crippen LogP contribution >= 0.6 is 0 Å². The number of hydrogen-bond acceptors (Lipinski definition) is 3. The molecule has 0 atom stereocenters. The second-order valence-electron chi connectivity index (χ2n) is 5.85. The lowest BCUT2D eigenvalue weighted by atomic mass is 10.2. The third-order valence-electron chi connectivity index (χ3n) is 3.46. The van der Waals surface area contributed by atoms with Gasteiger partial charge in [-0.25, -0.2) is 4.79 Å². The van der Waals surface area contributed by atoms with Crippen LogP contribution in [0.4, 0.5) is 0 Å². The van der Waals surface area contributed by atoms with Gasteiger partial charge < -0.3 is 9.16 Å². The summed E-state index contributed by atoms with van der Waals surface area (Å²) < 4.78 is 10.9. The number of carbonyl (C=O) groups excluding carboxylic acids is 1. The molecule has 1 rings (SSSR count). The Hall–Kier alpha value is -1.29. The molecule has 0 aromatic heterocycles. The van der Waals surface area contributed by atoms with Crippen LogP contribution in [0.5, 0.6) is 5.75 Å². The molecule has 0 aliphatic carbocycles. The van der Waals surface area contributed by atoms with Gasteiger partial charge in [0, 0.05) is 0 Å². The molecular weight excluding hydrogens is 244 g/mol. The molecular formula is C14H22O3Si. The summed E-state index contributed by atoms with van der Waals surface area (Å²) in [6, 6.07) is 7.24. The van der Waals surface area contributed by atoms with Crippen LogP contribution < -0.4 is 4.43 Å². The molecule has 0 spiro atoms. The predicted molar refractivity (Wildman–Crippen MR) is 75.6 cm³/mol. The minimum absolute atomic E-state index is 0.0935. The molecule has 4 heteroatoms. The van der Waals surface area contributed by atoms with Crippen molar-refractivity contribution in [2.45, 2.75) is 38.9 Å². The van der Waals surface area contributed by atoms with Crippen LogP contribution in [0.3, 0.4) is 0 Å². The number of rotatable bonds is 3. The number of hydrogen-bond donors (Lipinski definition) is 0. The number of carbonyl (C=O) groups is 1. The van der Waals surface area contributed by atoms with E-state index < -0.39 is 8.32 Å². The summed E-state index contributed by atoms with van der Waals surface area (Å²) >= 11 is 0. The first kappa shape index (κ1) is 14.8. The van der Waals surface area contributed by atoms with Gasteiger partial charge in [-0.05, 0) is 30.3 Å². The van der Waals surface area contributed by atoms with Gasteiger partial charge >= 0.3 is 5.97 Å². The predicted octanol–water partition coefficient (Wildman–Crippen LogP) is 3.86. The highest BCUT2D eigenvalue weighted by Crippen LogP contribution is 2.38. The van der Waals surface area contributed by atoms with Crippen LogP contribution in [0.2, 0.25) is 18.1 Å². The molecule has 0 fully saturated rings. The molecule has 100 valence electrons.